The summed E-state index contributed by atoms with van der Waals surface area (Å²) >= 11 is 0. The largest absolute Gasteiger partial charge is 0.495 e. The van der Waals surface area contributed by atoms with Crippen molar-refractivity contribution in [2.45, 2.75) is 52.2 Å². The predicted molar refractivity (Wildman–Crippen MR) is 134 cm³/mol. The number of nitrogens with zero attached hydrogens (tertiary/aromatic N) is 2. The van der Waals surface area contributed by atoms with Gasteiger partial charge in [-0.15, -0.1) is 0 Å². The molecule has 0 heterocycles. The number of nitrogens with one attached hydrogen (secondary N) is 1. The summed E-state index contributed by atoms with van der Waals surface area (Å²) in [4.78, 5) is 28.1. The summed E-state index contributed by atoms with van der Waals surface area (Å²) in [5, 5.41) is 2.89. The molecular formula is C25H34FN3O5S. The van der Waals surface area contributed by atoms with Crippen molar-refractivity contribution < 1.29 is 27.1 Å². The van der Waals surface area contributed by atoms with Crippen molar-refractivity contribution >= 4 is 27.5 Å². The van der Waals surface area contributed by atoms with Gasteiger partial charge in [0.25, 0.3) is 0 Å². The molecule has 0 aliphatic heterocycles. The summed E-state index contributed by atoms with van der Waals surface area (Å²) in [6, 6.07) is 11.2. The third-order valence-electron chi connectivity index (χ3n) is 5.18. The SMILES string of the molecule is CCC(C(=O)NC(C)(C)C)N(Cc1ccc(F)cc1)C(=O)CN(c1ccccc1OC)S(C)(=O)=O. The Balaban J connectivity index is 2.48. The molecule has 0 saturated heterocycles. The van der Waals surface area contributed by atoms with Gasteiger partial charge in [0.15, 0.2) is 0 Å². The average Bonchev–Trinajstić information content (AvgIpc) is 2.76. The quantitative estimate of drug-likeness (QED) is 0.532. The van der Waals surface area contributed by atoms with E-state index in [1.165, 1.54) is 36.3 Å². The number of ether oxygens (including phenoxy) is 1. The van der Waals surface area contributed by atoms with Crippen molar-refractivity contribution in [3.8, 4) is 5.75 Å². The molecule has 10 heteroatoms. The van der Waals surface area contributed by atoms with Crippen LogP contribution in [0.1, 0.15) is 39.7 Å². The third kappa shape index (κ3) is 7.95. The molecule has 0 aromatic heterocycles. The first-order chi connectivity index (χ1) is 16.3. The molecule has 0 bridgehead atoms. The summed E-state index contributed by atoms with van der Waals surface area (Å²) in [5.41, 5.74) is 0.274. The van der Waals surface area contributed by atoms with Crippen molar-refractivity contribution in [3.63, 3.8) is 0 Å². The van der Waals surface area contributed by atoms with Gasteiger partial charge in [-0.25, -0.2) is 12.8 Å². The van der Waals surface area contributed by atoms with Gasteiger partial charge in [-0.1, -0.05) is 31.2 Å². The van der Waals surface area contributed by atoms with Crippen LogP contribution in [0.25, 0.3) is 0 Å². The minimum absolute atomic E-state index is 0.00128. The number of anilines is 1. The first-order valence-corrected chi connectivity index (χ1v) is 13.1. The molecule has 0 radical (unpaired) electrons. The Hall–Kier alpha value is -3.14. The highest BCUT2D eigenvalue weighted by molar-refractivity contribution is 7.92. The molecule has 1 N–H and O–H groups in total. The lowest BCUT2D eigenvalue weighted by Gasteiger charge is -2.34. The second kappa shape index (κ2) is 11.5. The molecule has 0 aliphatic rings. The number of para-hydroxylation sites is 2. The van der Waals surface area contributed by atoms with Gasteiger partial charge in [0.2, 0.25) is 21.8 Å². The lowest BCUT2D eigenvalue weighted by Crippen LogP contribution is -2.55. The summed E-state index contributed by atoms with van der Waals surface area (Å²) in [5.74, 6) is -1.09. The van der Waals surface area contributed by atoms with Crippen LogP contribution in [0.4, 0.5) is 10.1 Å². The highest BCUT2D eigenvalue weighted by atomic mass is 32.2. The number of sulfonamides is 1. The highest BCUT2D eigenvalue weighted by Gasteiger charge is 2.33. The fraction of sp³-hybridized carbons (Fsp3) is 0.440. The molecule has 1 atom stereocenters. The van der Waals surface area contributed by atoms with Gasteiger partial charge in [-0.3, -0.25) is 13.9 Å². The molecule has 0 spiro atoms. The van der Waals surface area contributed by atoms with Gasteiger partial charge < -0.3 is 15.0 Å². The normalized spacial score (nSPS) is 12.5. The average molecular weight is 508 g/mol. The van der Waals surface area contributed by atoms with Gasteiger partial charge >= 0.3 is 0 Å². The van der Waals surface area contributed by atoms with E-state index in [9.17, 15) is 22.4 Å². The van der Waals surface area contributed by atoms with Crippen LogP contribution in [0.15, 0.2) is 48.5 Å². The van der Waals surface area contributed by atoms with E-state index in [1.807, 2.05) is 20.8 Å². The Kier molecular flexibility index (Phi) is 9.25. The van der Waals surface area contributed by atoms with Crippen LogP contribution in [0, 0.1) is 5.82 Å². The third-order valence-corrected chi connectivity index (χ3v) is 6.31. The molecular weight excluding hydrogens is 473 g/mol. The molecule has 2 aromatic rings. The second-order valence-corrected chi connectivity index (χ2v) is 11.2. The van der Waals surface area contributed by atoms with Crippen LogP contribution in [0.5, 0.6) is 5.75 Å². The summed E-state index contributed by atoms with van der Waals surface area (Å²) in [7, 11) is -2.47. The Labute approximate surface area is 207 Å². The van der Waals surface area contributed by atoms with E-state index in [2.05, 4.69) is 5.32 Å². The predicted octanol–water partition coefficient (Wildman–Crippen LogP) is 3.32. The van der Waals surface area contributed by atoms with E-state index in [0.29, 0.717) is 12.0 Å². The molecule has 2 rings (SSSR count). The standard InChI is InChI=1S/C25H34FN3O5S/c1-7-20(24(31)27-25(2,3)4)28(16-18-12-14-19(26)15-13-18)23(30)17-29(35(6,32)33)21-10-8-9-11-22(21)34-5/h8-15,20H,7,16-17H2,1-6H3,(H,27,31). The maximum atomic E-state index is 13.6. The zero-order chi connectivity index (χ0) is 26.4. The Bertz CT molecular complexity index is 1130. The van der Waals surface area contributed by atoms with E-state index >= 15 is 0 Å². The Morgan fingerprint density at radius 1 is 1.09 bits per heavy atom. The maximum absolute atomic E-state index is 13.6. The van der Waals surface area contributed by atoms with E-state index in [4.69, 9.17) is 4.74 Å². The van der Waals surface area contributed by atoms with Crippen molar-refractivity contribution in [2.75, 3.05) is 24.2 Å². The molecule has 0 aliphatic carbocycles. The second-order valence-electron chi connectivity index (χ2n) is 9.25. The number of hydrogen-bond donors (Lipinski definition) is 1. The lowest BCUT2D eigenvalue weighted by molar-refractivity contribution is -0.141. The molecule has 1 unspecified atom stereocenters. The van der Waals surface area contributed by atoms with Crippen LogP contribution in [-0.4, -0.2) is 56.6 Å². The number of halogens is 1. The Morgan fingerprint density at radius 2 is 1.69 bits per heavy atom. The van der Waals surface area contributed by atoms with Crippen LogP contribution in [0.2, 0.25) is 0 Å². The first kappa shape index (κ1) is 28.1. The van der Waals surface area contributed by atoms with Gasteiger partial charge in [0.05, 0.1) is 19.1 Å². The zero-order valence-corrected chi connectivity index (χ0v) is 21.9. The number of methoxy groups -OCH3 is 1. The van der Waals surface area contributed by atoms with Crippen LogP contribution in [-0.2, 0) is 26.2 Å². The molecule has 0 saturated carbocycles. The van der Waals surface area contributed by atoms with Crippen LogP contribution < -0.4 is 14.4 Å². The van der Waals surface area contributed by atoms with E-state index < -0.39 is 39.9 Å². The molecule has 35 heavy (non-hydrogen) atoms. The van der Waals surface area contributed by atoms with E-state index in [-0.39, 0.29) is 23.9 Å². The van der Waals surface area contributed by atoms with Gasteiger partial charge in [0, 0.05) is 12.1 Å². The van der Waals surface area contributed by atoms with Crippen molar-refractivity contribution in [2.24, 2.45) is 0 Å². The molecule has 8 nitrogen and oxygen atoms in total. The number of hydrogen-bond acceptors (Lipinski definition) is 5. The fourth-order valence-electron chi connectivity index (χ4n) is 3.59. The first-order valence-electron chi connectivity index (χ1n) is 11.2. The van der Waals surface area contributed by atoms with Gasteiger partial charge in [0.1, 0.15) is 24.2 Å². The summed E-state index contributed by atoms with van der Waals surface area (Å²) in [6.45, 7) is 6.72. The topological polar surface area (TPSA) is 96.0 Å². The molecule has 192 valence electrons. The zero-order valence-electron chi connectivity index (χ0n) is 21.0. The minimum atomic E-state index is -3.88. The van der Waals surface area contributed by atoms with Crippen molar-refractivity contribution in [1.82, 2.24) is 10.2 Å². The van der Waals surface area contributed by atoms with Crippen molar-refractivity contribution in [1.29, 1.82) is 0 Å². The van der Waals surface area contributed by atoms with Gasteiger partial charge in [-0.2, -0.15) is 0 Å². The highest BCUT2D eigenvalue weighted by Crippen LogP contribution is 2.29. The summed E-state index contributed by atoms with van der Waals surface area (Å²) < 4.78 is 45.1. The maximum Gasteiger partial charge on any atom is 0.244 e. The summed E-state index contributed by atoms with van der Waals surface area (Å²) in [6.07, 6.45) is 1.29. The van der Waals surface area contributed by atoms with Gasteiger partial charge in [-0.05, 0) is 57.0 Å². The number of carbonyl (C=O) groups is 2. The Morgan fingerprint density at radius 3 is 2.20 bits per heavy atom. The van der Waals surface area contributed by atoms with E-state index in [1.54, 1.807) is 31.2 Å². The number of amides is 2. The smallest absolute Gasteiger partial charge is 0.244 e. The van der Waals surface area contributed by atoms with E-state index in [0.717, 1.165) is 10.6 Å². The van der Waals surface area contributed by atoms with Crippen LogP contribution >= 0.6 is 0 Å². The minimum Gasteiger partial charge on any atom is -0.495 e. The fourth-order valence-corrected chi connectivity index (χ4v) is 4.44. The molecule has 2 amide bonds. The van der Waals surface area contributed by atoms with Crippen molar-refractivity contribution in [3.05, 3.63) is 59.9 Å². The number of carbonyl (C=O) groups excluding carboxylic acids is 2. The number of rotatable bonds is 10. The lowest BCUT2D eigenvalue weighted by atomic mass is 10.1. The number of benzene rings is 2. The monoisotopic (exact) mass is 507 g/mol. The molecule has 2 aromatic carbocycles. The van der Waals surface area contributed by atoms with Crippen LogP contribution in [0.3, 0.4) is 0 Å². The molecule has 0 fully saturated rings.